The Labute approximate surface area is 125 Å². The molecular formula is C14H24N4O3. The van der Waals surface area contributed by atoms with Crippen LogP contribution in [0.1, 0.15) is 69.7 Å². The predicted octanol–water partition coefficient (Wildman–Crippen LogP) is 1.66. The van der Waals surface area contributed by atoms with E-state index in [-0.39, 0.29) is 30.2 Å². The molecule has 0 aromatic carbocycles. The van der Waals surface area contributed by atoms with Crippen LogP contribution >= 0.6 is 0 Å². The minimum absolute atomic E-state index is 0.00583. The van der Waals surface area contributed by atoms with Crippen molar-refractivity contribution in [3.63, 3.8) is 0 Å². The topological polar surface area (TPSA) is 86.1 Å². The molecule has 7 heteroatoms. The number of nitrogens with zero attached hydrogens (tertiary/aromatic N) is 3. The summed E-state index contributed by atoms with van der Waals surface area (Å²) >= 11 is 0. The zero-order valence-corrected chi connectivity index (χ0v) is 13.5. The minimum atomic E-state index is -0.541. The van der Waals surface area contributed by atoms with Crippen LogP contribution in [0.25, 0.3) is 0 Å². The van der Waals surface area contributed by atoms with Crippen LogP contribution in [0.5, 0.6) is 0 Å². The largest absolute Gasteiger partial charge is 0.461 e. The van der Waals surface area contributed by atoms with E-state index in [1.54, 1.807) is 13.8 Å². The van der Waals surface area contributed by atoms with E-state index in [4.69, 9.17) is 4.74 Å². The molecule has 1 aromatic rings. The van der Waals surface area contributed by atoms with Gasteiger partial charge < -0.3 is 10.1 Å². The zero-order chi connectivity index (χ0) is 16.2. The SMILES string of the molecule is CCOC(=O)c1nnn(C(C)C(=O)NC(C)C)c1C(C)C. The molecule has 7 nitrogen and oxygen atoms in total. The third kappa shape index (κ3) is 4.03. The molecule has 0 aliphatic rings. The first kappa shape index (κ1) is 17.1. The van der Waals surface area contributed by atoms with Crippen molar-refractivity contribution in [3.05, 3.63) is 11.4 Å². The Morgan fingerprint density at radius 1 is 1.24 bits per heavy atom. The van der Waals surface area contributed by atoms with E-state index in [0.717, 1.165) is 0 Å². The normalized spacial score (nSPS) is 12.6. The Hall–Kier alpha value is -1.92. The number of carbonyl (C=O) groups is 2. The molecule has 1 atom stereocenters. The van der Waals surface area contributed by atoms with E-state index in [0.29, 0.717) is 5.69 Å². The Morgan fingerprint density at radius 2 is 1.86 bits per heavy atom. The minimum Gasteiger partial charge on any atom is -0.461 e. The van der Waals surface area contributed by atoms with Gasteiger partial charge in [-0.05, 0) is 33.6 Å². The van der Waals surface area contributed by atoms with Crippen LogP contribution in [0.3, 0.4) is 0 Å². The number of esters is 1. The van der Waals surface area contributed by atoms with Crippen LogP contribution in [0.15, 0.2) is 0 Å². The second-order valence-electron chi connectivity index (χ2n) is 5.48. The lowest BCUT2D eigenvalue weighted by Gasteiger charge is -2.18. The molecule has 0 saturated heterocycles. The van der Waals surface area contributed by atoms with Crippen LogP contribution in [-0.4, -0.2) is 39.5 Å². The number of hydrogen-bond acceptors (Lipinski definition) is 5. The molecule has 0 fully saturated rings. The highest BCUT2D eigenvalue weighted by Gasteiger charge is 2.28. The van der Waals surface area contributed by atoms with Crippen molar-refractivity contribution in [2.75, 3.05) is 6.61 Å². The summed E-state index contributed by atoms with van der Waals surface area (Å²) in [6.45, 7) is 11.4. The first-order chi connectivity index (χ1) is 9.79. The monoisotopic (exact) mass is 296 g/mol. The van der Waals surface area contributed by atoms with Gasteiger partial charge in [-0.2, -0.15) is 0 Å². The van der Waals surface area contributed by atoms with Crippen LogP contribution in [0.4, 0.5) is 0 Å². The average Bonchev–Trinajstić information content (AvgIpc) is 2.81. The van der Waals surface area contributed by atoms with Crippen molar-refractivity contribution in [2.24, 2.45) is 0 Å². The van der Waals surface area contributed by atoms with Gasteiger partial charge in [0.1, 0.15) is 6.04 Å². The maximum absolute atomic E-state index is 12.1. The second-order valence-corrected chi connectivity index (χ2v) is 5.48. The van der Waals surface area contributed by atoms with Crippen LogP contribution in [0, 0.1) is 0 Å². The molecule has 0 saturated carbocycles. The van der Waals surface area contributed by atoms with Crippen LogP contribution in [0.2, 0.25) is 0 Å². The molecule has 1 rings (SSSR count). The Bertz CT molecular complexity index is 508. The highest BCUT2D eigenvalue weighted by Crippen LogP contribution is 2.22. The lowest BCUT2D eigenvalue weighted by Crippen LogP contribution is -2.36. The van der Waals surface area contributed by atoms with Gasteiger partial charge in [0.25, 0.3) is 0 Å². The summed E-state index contributed by atoms with van der Waals surface area (Å²) in [5.41, 5.74) is 0.788. The highest BCUT2D eigenvalue weighted by molar-refractivity contribution is 5.89. The molecule has 0 radical (unpaired) electrons. The van der Waals surface area contributed by atoms with Gasteiger partial charge in [-0.25, -0.2) is 9.48 Å². The van der Waals surface area contributed by atoms with E-state index in [1.807, 2.05) is 27.7 Å². The number of rotatable bonds is 6. The molecule has 118 valence electrons. The van der Waals surface area contributed by atoms with Gasteiger partial charge in [-0.1, -0.05) is 19.1 Å². The summed E-state index contributed by atoms with van der Waals surface area (Å²) in [6, 6.07) is -0.504. The third-order valence-electron chi connectivity index (χ3n) is 2.92. The molecule has 0 spiro atoms. The summed E-state index contributed by atoms with van der Waals surface area (Å²) in [5, 5.41) is 10.7. The van der Waals surface area contributed by atoms with Gasteiger partial charge in [0.05, 0.1) is 12.3 Å². The molecule has 1 N–H and O–H groups in total. The summed E-state index contributed by atoms with van der Waals surface area (Å²) in [4.78, 5) is 24.0. The molecule has 0 bridgehead atoms. The number of nitrogens with one attached hydrogen (secondary N) is 1. The van der Waals surface area contributed by atoms with Crippen LogP contribution in [-0.2, 0) is 9.53 Å². The smallest absolute Gasteiger partial charge is 0.360 e. The van der Waals surface area contributed by atoms with Gasteiger partial charge in [-0.15, -0.1) is 5.10 Å². The molecule has 1 unspecified atom stereocenters. The Balaban J connectivity index is 3.13. The fourth-order valence-corrected chi connectivity index (χ4v) is 1.99. The van der Waals surface area contributed by atoms with Gasteiger partial charge in [0.15, 0.2) is 5.69 Å². The van der Waals surface area contributed by atoms with Crippen molar-refractivity contribution in [1.29, 1.82) is 0 Å². The van der Waals surface area contributed by atoms with E-state index in [2.05, 4.69) is 15.6 Å². The number of ether oxygens (including phenoxy) is 1. The number of hydrogen-bond donors (Lipinski definition) is 1. The standard InChI is InChI=1S/C14H24N4O3/c1-7-21-14(20)11-12(8(2)3)18(17-16-11)10(6)13(19)15-9(4)5/h8-10H,7H2,1-6H3,(H,15,19). The van der Waals surface area contributed by atoms with Gasteiger partial charge in [-0.3, -0.25) is 4.79 Å². The first-order valence-electron chi connectivity index (χ1n) is 7.22. The van der Waals surface area contributed by atoms with E-state index < -0.39 is 12.0 Å². The molecule has 1 amide bonds. The van der Waals surface area contributed by atoms with Crippen molar-refractivity contribution in [1.82, 2.24) is 20.3 Å². The van der Waals surface area contributed by atoms with Crippen LogP contribution < -0.4 is 5.32 Å². The number of amides is 1. The average molecular weight is 296 g/mol. The molecule has 1 aromatic heterocycles. The second kappa shape index (κ2) is 7.19. The fraction of sp³-hybridized carbons (Fsp3) is 0.714. The maximum Gasteiger partial charge on any atom is 0.360 e. The third-order valence-corrected chi connectivity index (χ3v) is 2.92. The molecular weight excluding hydrogens is 272 g/mol. The lowest BCUT2D eigenvalue weighted by molar-refractivity contribution is -0.124. The summed E-state index contributed by atoms with van der Waals surface area (Å²) in [6.07, 6.45) is 0. The fourth-order valence-electron chi connectivity index (χ4n) is 1.99. The number of carbonyl (C=O) groups excluding carboxylic acids is 2. The summed E-state index contributed by atoms with van der Waals surface area (Å²) in [7, 11) is 0. The lowest BCUT2D eigenvalue weighted by atomic mass is 10.1. The van der Waals surface area contributed by atoms with Crippen molar-refractivity contribution in [3.8, 4) is 0 Å². The van der Waals surface area contributed by atoms with E-state index in [9.17, 15) is 9.59 Å². The Kier molecular flexibility index (Phi) is 5.87. The van der Waals surface area contributed by atoms with E-state index in [1.165, 1.54) is 4.68 Å². The highest BCUT2D eigenvalue weighted by atomic mass is 16.5. The molecule has 21 heavy (non-hydrogen) atoms. The molecule has 0 aliphatic heterocycles. The molecule has 1 heterocycles. The van der Waals surface area contributed by atoms with E-state index >= 15 is 0 Å². The summed E-state index contributed by atoms with van der Waals surface area (Å²) in [5.74, 6) is -0.676. The van der Waals surface area contributed by atoms with Gasteiger partial charge >= 0.3 is 5.97 Å². The zero-order valence-electron chi connectivity index (χ0n) is 13.5. The van der Waals surface area contributed by atoms with Crippen molar-refractivity contribution >= 4 is 11.9 Å². The maximum atomic E-state index is 12.1. The first-order valence-corrected chi connectivity index (χ1v) is 7.22. The van der Waals surface area contributed by atoms with Gasteiger partial charge in [0, 0.05) is 6.04 Å². The van der Waals surface area contributed by atoms with Gasteiger partial charge in [0.2, 0.25) is 5.91 Å². The predicted molar refractivity (Wildman–Crippen MR) is 78.1 cm³/mol. The van der Waals surface area contributed by atoms with Crippen molar-refractivity contribution < 1.29 is 14.3 Å². The Morgan fingerprint density at radius 3 is 2.33 bits per heavy atom. The quantitative estimate of drug-likeness (QED) is 0.807. The van der Waals surface area contributed by atoms with Crippen molar-refractivity contribution in [2.45, 2.75) is 59.5 Å². The molecule has 0 aliphatic carbocycles. The number of aromatic nitrogens is 3. The summed E-state index contributed by atoms with van der Waals surface area (Å²) < 4.78 is 6.48.